The van der Waals surface area contributed by atoms with Gasteiger partial charge in [-0.2, -0.15) is 12.6 Å². The zero-order valence-corrected chi connectivity index (χ0v) is 8.94. The van der Waals surface area contributed by atoms with Gasteiger partial charge in [-0.15, -0.1) is 0 Å². The fourth-order valence-corrected chi connectivity index (χ4v) is 1.83. The van der Waals surface area contributed by atoms with E-state index in [0.29, 0.717) is 16.9 Å². The van der Waals surface area contributed by atoms with Gasteiger partial charge in [0.05, 0.1) is 0 Å². The molecule has 1 aliphatic rings. The lowest BCUT2D eigenvalue weighted by molar-refractivity contribution is -0.118. The van der Waals surface area contributed by atoms with E-state index < -0.39 is 0 Å². The van der Waals surface area contributed by atoms with Gasteiger partial charge in [0.25, 0.3) is 0 Å². The van der Waals surface area contributed by atoms with Gasteiger partial charge < -0.3 is 5.32 Å². The van der Waals surface area contributed by atoms with E-state index in [0.717, 1.165) is 25.7 Å². The number of rotatable bonds is 2. The normalized spacial score (nSPS) is 28.2. The molecule has 0 aromatic carbocycles. The summed E-state index contributed by atoms with van der Waals surface area (Å²) in [6.07, 6.45) is 4.30. The molecule has 0 radical (unpaired) electrons. The number of hydrogen-bond acceptors (Lipinski definition) is 2. The SMILES string of the molecule is C=C(C)C(=O)NC1CCC(S)CC1. The van der Waals surface area contributed by atoms with E-state index in [9.17, 15) is 4.79 Å². The van der Waals surface area contributed by atoms with Crippen LogP contribution in [0.5, 0.6) is 0 Å². The molecular weight excluding hydrogens is 182 g/mol. The van der Waals surface area contributed by atoms with Crippen molar-refractivity contribution in [3.05, 3.63) is 12.2 Å². The maximum atomic E-state index is 11.3. The van der Waals surface area contributed by atoms with Crippen molar-refractivity contribution < 1.29 is 4.79 Å². The molecule has 0 heterocycles. The van der Waals surface area contributed by atoms with Crippen LogP contribution in [-0.4, -0.2) is 17.2 Å². The van der Waals surface area contributed by atoms with Gasteiger partial charge in [0.2, 0.25) is 5.91 Å². The van der Waals surface area contributed by atoms with Crippen LogP contribution in [-0.2, 0) is 4.79 Å². The van der Waals surface area contributed by atoms with Crippen LogP contribution < -0.4 is 5.32 Å². The second-order valence-electron chi connectivity index (χ2n) is 3.76. The number of amides is 1. The molecule has 0 spiro atoms. The molecule has 13 heavy (non-hydrogen) atoms. The summed E-state index contributed by atoms with van der Waals surface area (Å²) < 4.78 is 0. The summed E-state index contributed by atoms with van der Waals surface area (Å²) in [7, 11) is 0. The Morgan fingerprint density at radius 1 is 1.38 bits per heavy atom. The third-order valence-electron chi connectivity index (χ3n) is 2.42. The summed E-state index contributed by atoms with van der Waals surface area (Å²) >= 11 is 4.40. The largest absolute Gasteiger partial charge is 0.350 e. The Balaban J connectivity index is 2.30. The maximum absolute atomic E-state index is 11.3. The average Bonchev–Trinajstić information content (AvgIpc) is 2.08. The molecule has 0 unspecified atom stereocenters. The highest BCUT2D eigenvalue weighted by Gasteiger charge is 2.19. The predicted molar refractivity (Wildman–Crippen MR) is 58.0 cm³/mol. The molecule has 1 saturated carbocycles. The van der Waals surface area contributed by atoms with Crippen LogP contribution in [0.4, 0.5) is 0 Å². The summed E-state index contributed by atoms with van der Waals surface area (Å²) in [6.45, 7) is 5.34. The summed E-state index contributed by atoms with van der Waals surface area (Å²) in [6, 6.07) is 0.340. The lowest BCUT2D eigenvalue weighted by atomic mass is 9.95. The Labute approximate surface area is 85.2 Å². The first-order valence-corrected chi connectivity index (χ1v) is 5.25. The van der Waals surface area contributed by atoms with Crippen LogP contribution >= 0.6 is 12.6 Å². The van der Waals surface area contributed by atoms with Gasteiger partial charge in [-0.3, -0.25) is 4.79 Å². The molecule has 1 amide bonds. The van der Waals surface area contributed by atoms with Crippen LogP contribution in [0, 0.1) is 0 Å². The average molecular weight is 199 g/mol. The summed E-state index contributed by atoms with van der Waals surface area (Å²) in [5.74, 6) is -0.0115. The summed E-state index contributed by atoms with van der Waals surface area (Å²) in [4.78, 5) is 11.3. The lowest BCUT2D eigenvalue weighted by Gasteiger charge is -2.26. The quantitative estimate of drug-likeness (QED) is 0.516. The first-order chi connectivity index (χ1) is 6.09. The van der Waals surface area contributed by atoms with E-state index in [1.54, 1.807) is 6.92 Å². The highest BCUT2D eigenvalue weighted by atomic mass is 32.1. The molecule has 0 atom stereocenters. The fraction of sp³-hybridized carbons (Fsp3) is 0.700. The molecule has 0 bridgehead atoms. The van der Waals surface area contributed by atoms with E-state index >= 15 is 0 Å². The highest BCUT2D eigenvalue weighted by molar-refractivity contribution is 7.80. The predicted octanol–water partition coefficient (Wildman–Crippen LogP) is 1.92. The molecule has 0 aromatic heterocycles. The van der Waals surface area contributed by atoms with Crippen molar-refractivity contribution in [3.63, 3.8) is 0 Å². The number of hydrogen-bond donors (Lipinski definition) is 2. The maximum Gasteiger partial charge on any atom is 0.246 e. The zero-order valence-electron chi connectivity index (χ0n) is 8.05. The smallest absolute Gasteiger partial charge is 0.246 e. The van der Waals surface area contributed by atoms with Gasteiger partial charge in [0.15, 0.2) is 0 Å². The van der Waals surface area contributed by atoms with Gasteiger partial charge in [-0.1, -0.05) is 6.58 Å². The molecule has 1 rings (SSSR count). The molecule has 74 valence electrons. The fourth-order valence-electron chi connectivity index (χ4n) is 1.53. The molecule has 1 fully saturated rings. The number of carbonyl (C=O) groups excluding carboxylic acids is 1. The van der Waals surface area contributed by atoms with E-state index in [4.69, 9.17) is 0 Å². The van der Waals surface area contributed by atoms with Gasteiger partial charge in [0.1, 0.15) is 0 Å². The molecule has 1 N–H and O–H groups in total. The Kier molecular flexibility index (Phi) is 3.85. The first-order valence-electron chi connectivity index (χ1n) is 4.74. The molecule has 0 aliphatic heterocycles. The summed E-state index contributed by atoms with van der Waals surface area (Å²) in [5, 5.41) is 3.49. The monoisotopic (exact) mass is 199 g/mol. The third-order valence-corrected chi connectivity index (χ3v) is 2.94. The molecular formula is C10H17NOS. The van der Waals surface area contributed by atoms with Crippen LogP contribution in [0.2, 0.25) is 0 Å². The van der Waals surface area contributed by atoms with Crippen LogP contribution in [0.25, 0.3) is 0 Å². The standard InChI is InChI=1S/C10H17NOS/c1-7(2)10(12)11-8-3-5-9(13)6-4-8/h8-9,13H,1,3-6H2,2H3,(H,11,12). The van der Waals surface area contributed by atoms with Crippen molar-refractivity contribution in [1.29, 1.82) is 0 Å². The van der Waals surface area contributed by atoms with E-state index in [1.165, 1.54) is 0 Å². The minimum absolute atomic E-state index is 0.0115. The molecule has 0 aromatic rings. The topological polar surface area (TPSA) is 29.1 Å². The Bertz CT molecular complexity index is 207. The second-order valence-corrected chi connectivity index (χ2v) is 4.49. The zero-order chi connectivity index (χ0) is 9.84. The first kappa shape index (κ1) is 10.6. The minimum atomic E-state index is -0.0115. The minimum Gasteiger partial charge on any atom is -0.350 e. The summed E-state index contributed by atoms with van der Waals surface area (Å²) in [5.41, 5.74) is 0.591. The van der Waals surface area contributed by atoms with Crippen molar-refractivity contribution in [2.45, 2.75) is 43.9 Å². The molecule has 0 saturated heterocycles. The van der Waals surface area contributed by atoms with Crippen LogP contribution in [0.3, 0.4) is 0 Å². The lowest BCUT2D eigenvalue weighted by Crippen LogP contribution is -2.38. The number of nitrogens with one attached hydrogen (secondary N) is 1. The van der Waals surface area contributed by atoms with Crippen molar-refractivity contribution in [2.24, 2.45) is 0 Å². The van der Waals surface area contributed by atoms with Crippen molar-refractivity contribution in [3.8, 4) is 0 Å². The van der Waals surface area contributed by atoms with Gasteiger partial charge in [-0.05, 0) is 32.6 Å². The molecule has 3 heteroatoms. The van der Waals surface area contributed by atoms with Crippen LogP contribution in [0.1, 0.15) is 32.6 Å². The van der Waals surface area contributed by atoms with Crippen molar-refractivity contribution in [1.82, 2.24) is 5.32 Å². The Morgan fingerprint density at radius 2 is 1.92 bits per heavy atom. The van der Waals surface area contributed by atoms with Gasteiger partial charge >= 0.3 is 0 Å². The van der Waals surface area contributed by atoms with E-state index in [-0.39, 0.29) is 5.91 Å². The molecule has 2 nitrogen and oxygen atoms in total. The number of thiol groups is 1. The van der Waals surface area contributed by atoms with Gasteiger partial charge in [0, 0.05) is 16.9 Å². The second kappa shape index (κ2) is 4.70. The van der Waals surface area contributed by atoms with Crippen LogP contribution in [0.15, 0.2) is 12.2 Å². The Morgan fingerprint density at radius 3 is 2.38 bits per heavy atom. The van der Waals surface area contributed by atoms with Crippen molar-refractivity contribution >= 4 is 18.5 Å². The molecule has 1 aliphatic carbocycles. The van der Waals surface area contributed by atoms with Gasteiger partial charge in [-0.25, -0.2) is 0 Å². The van der Waals surface area contributed by atoms with E-state index in [2.05, 4.69) is 24.5 Å². The third kappa shape index (κ3) is 3.43. The highest BCUT2D eigenvalue weighted by Crippen LogP contribution is 2.22. The van der Waals surface area contributed by atoms with E-state index in [1.807, 2.05) is 0 Å². The number of carbonyl (C=O) groups is 1. The van der Waals surface area contributed by atoms with Crippen molar-refractivity contribution in [2.75, 3.05) is 0 Å². The Hall–Kier alpha value is -0.440.